The zero-order chi connectivity index (χ0) is 15.9. The largest absolute Gasteiger partial charge is 0.383 e. The fourth-order valence-corrected chi connectivity index (χ4v) is 3.26. The molecule has 1 aromatic rings. The maximum absolute atomic E-state index is 13.6. The second-order valence-corrected chi connectivity index (χ2v) is 6.11. The number of hydrogen-bond donors (Lipinski definition) is 1. The topological polar surface area (TPSA) is 61.5 Å². The molecular formula is C14H20F2N4O2. The molecule has 0 spiro atoms. The Hall–Kier alpha value is -1.54. The Morgan fingerprint density at radius 1 is 1.55 bits per heavy atom. The number of methoxy groups -OCH3 is 1. The molecule has 22 heavy (non-hydrogen) atoms. The number of carbonyl (C=O) groups excluding carboxylic acids is 1. The maximum Gasteiger partial charge on any atom is 0.262 e. The molecule has 1 atom stereocenters. The second-order valence-electron chi connectivity index (χ2n) is 6.11. The molecule has 1 amide bonds. The Bertz CT molecular complexity index is 557. The monoisotopic (exact) mass is 314 g/mol. The van der Waals surface area contributed by atoms with Gasteiger partial charge in [0.15, 0.2) is 0 Å². The van der Waals surface area contributed by atoms with E-state index >= 15 is 0 Å². The van der Waals surface area contributed by atoms with Gasteiger partial charge in [-0.25, -0.2) is 8.78 Å². The zero-order valence-electron chi connectivity index (χ0n) is 12.7. The van der Waals surface area contributed by atoms with E-state index in [1.165, 1.54) is 13.3 Å². The maximum atomic E-state index is 13.6. The van der Waals surface area contributed by atoms with Crippen LogP contribution in [-0.4, -0.2) is 77.3 Å². The SMILES string of the molecule is COC[C@@H]1CC(F)(F)CN1C1CN(C(=O)c2cn[nH]c2C)C1. The highest BCUT2D eigenvalue weighted by molar-refractivity contribution is 5.95. The number of aryl methyl sites for hydroxylation is 1. The number of ether oxygens (including phenoxy) is 1. The van der Waals surface area contributed by atoms with E-state index < -0.39 is 5.92 Å². The highest BCUT2D eigenvalue weighted by Gasteiger charge is 2.50. The van der Waals surface area contributed by atoms with Gasteiger partial charge in [0.1, 0.15) is 0 Å². The number of hydrogen-bond acceptors (Lipinski definition) is 4. The number of likely N-dealkylation sites (tertiary alicyclic amines) is 2. The molecule has 3 heterocycles. The summed E-state index contributed by atoms with van der Waals surface area (Å²) in [6.45, 7) is 2.77. The molecule has 0 unspecified atom stereocenters. The normalized spacial score (nSPS) is 25.5. The summed E-state index contributed by atoms with van der Waals surface area (Å²) in [5.41, 5.74) is 1.26. The summed E-state index contributed by atoms with van der Waals surface area (Å²) in [5, 5.41) is 6.57. The lowest BCUT2D eigenvalue weighted by Gasteiger charge is -2.45. The van der Waals surface area contributed by atoms with Crippen molar-refractivity contribution in [3.8, 4) is 0 Å². The van der Waals surface area contributed by atoms with Crippen LogP contribution in [0, 0.1) is 6.92 Å². The lowest BCUT2D eigenvalue weighted by atomic mass is 10.0. The summed E-state index contributed by atoms with van der Waals surface area (Å²) in [5.74, 6) is -2.77. The molecule has 0 radical (unpaired) electrons. The van der Waals surface area contributed by atoms with Gasteiger partial charge in [-0.1, -0.05) is 0 Å². The molecule has 1 N–H and O–H groups in total. The van der Waals surface area contributed by atoms with Crippen molar-refractivity contribution >= 4 is 5.91 Å². The molecule has 3 rings (SSSR count). The summed E-state index contributed by atoms with van der Waals surface area (Å²) < 4.78 is 32.3. The fraction of sp³-hybridized carbons (Fsp3) is 0.714. The van der Waals surface area contributed by atoms with Crippen molar-refractivity contribution in [3.05, 3.63) is 17.5 Å². The molecule has 2 saturated heterocycles. The molecule has 2 fully saturated rings. The number of amides is 1. The van der Waals surface area contributed by atoms with Crippen LogP contribution in [0.5, 0.6) is 0 Å². The summed E-state index contributed by atoms with van der Waals surface area (Å²) in [6, 6.07) is -0.303. The molecule has 8 heteroatoms. The average molecular weight is 314 g/mol. The van der Waals surface area contributed by atoms with Gasteiger partial charge in [0.2, 0.25) is 0 Å². The molecule has 1 aromatic heterocycles. The smallest absolute Gasteiger partial charge is 0.262 e. The predicted octanol–water partition coefficient (Wildman–Crippen LogP) is 0.899. The first-order valence-electron chi connectivity index (χ1n) is 7.33. The van der Waals surface area contributed by atoms with Crippen molar-refractivity contribution in [1.82, 2.24) is 20.0 Å². The lowest BCUT2D eigenvalue weighted by molar-refractivity contribution is -0.0136. The summed E-state index contributed by atoms with van der Waals surface area (Å²) in [6.07, 6.45) is 1.33. The van der Waals surface area contributed by atoms with Gasteiger partial charge >= 0.3 is 0 Å². The summed E-state index contributed by atoms with van der Waals surface area (Å²) >= 11 is 0. The molecule has 0 aromatic carbocycles. The van der Waals surface area contributed by atoms with Crippen LogP contribution in [0.15, 0.2) is 6.20 Å². The van der Waals surface area contributed by atoms with E-state index in [9.17, 15) is 13.6 Å². The molecule has 2 aliphatic rings. The number of rotatable bonds is 4. The minimum absolute atomic E-state index is 0.0234. The minimum Gasteiger partial charge on any atom is -0.383 e. The van der Waals surface area contributed by atoms with Gasteiger partial charge in [-0.15, -0.1) is 0 Å². The van der Waals surface area contributed by atoms with Crippen LogP contribution in [0.3, 0.4) is 0 Å². The van der Waals surface area contributed by atoms with Gasteiger partial charge in [0.25, 0.3) is 11.8 Å². The van der Waals surface area contributed by atoms with Gasteiger partial charge in [-0.2, -0.15) is 5.10 Å². The highest BCUT2D eigenvalue weighted by atomic mass is 19.3. The van der Waals surface area contributed by atoms with Crippen molar-refractivity contribution in [2.24, 2.45) is 0 Å². The Kier molecular flexibility index (Phi) is 3.90. The Morgan fingerprint density at radius 3 is 2.86 bits per heavy atom. The van der Waals surface area contributed by atoms with E-state index in [0.29, 0.717) is 25.3 Å². The minimum atomic E-state index is -2.67. The fourth-order valence-electron chi connectivity index (χ4n) is 3.26. The van der Waals surface area contributed by atoms with Crippen molar-refractivity contribution in [3.63, 3.8) is 0 Å². The molecule has 2 aliphatic heterocycles. The Morgan fingerprint density at radius 2 is 2.27 bits per heavy atom. The number of aromatic amines is 1. The van der Waals surface area contributed by atoms with Crippen LogP contribution in [-0.2, 0) is 4.74 Å². The molecule has 122 valence electrons. The van der Waals surface area contributed by atoms with Crippen molar-refractivity contribution in [1.29, 1.82) is 0 Å². The van der Waals surface area contributed by atoms with Gasteiger partial charge in [0, 0.05) is 44.4 Å². The molecule has 0 aliphatic carbocycles. The number of H-pyrrole nitrogens is 1. The number of alkyl halides is 2. The molecular weight excluding hydrogens is 294 g/mol. The predicted molar refractivity (Wildman–Crippen MR) is 75.0 cm³/mol. The number of aromatic nitrogens is 2. The van der Waals surface area contributed by atoms with Gasteiger partial charge in [-0.3, -0.25) is 14.8 Å². The summed E-state index contributed by atoms with van der Waals surface area (Å²) in [4.78, 5) is 15.7. The van der Waals surface area contributed by atoms with Gasteiger partial charge in [-0.05, 0) is 6.92 Å². The average Bonchev–Trinajstić information content (AvgIpc) is 2.92. The molecule has 0 saturated carbocycles. The van der Waals surface area contributed by atoms with E-state index in [0.717, 1.165) is 5.69 Å². The van der Waals surface area contributed by atoms with Crippen molar-refractivity contribution < 1.29 is 18.3 Å². The van der Waals surface area contributed by atoms with Crippen LogP contribution in [0.25, 0.3) is 0 Å². The van der Waals surface area contributed by atoms with Crippen LogP contribution in [0.1, 0.15) is 22.5 Å². The van der Waals surface area contributed by atoms with Crippen LogP contribution in [0.2, 0.25) is 0 Å². The molecule has 6 nitrogen and oxygen atoms in total. The first-order chi connectivity index (χ1) is 10.4. The van der Waals surface area contributed by atoms with E-state index in [4.69, 9.17) is 4.74 Å². The van der Waals surface area contributed by atoms with Crippen molar-refractivity contribution in [2.75, 3.05) is 33.4 Å². The highest BCUT2D eigenvalue weighted by Crippen LogP contribution is 2.35. The first-order valence-corrected chi connectivity index (χ1v) is 7.33. The van der Waals surface area contributed by atoms with E-state index in [-0.39, 0.29) is 31.0 Å². The van der Waals surface area contributed by atoms with Gasteiger partial charge in [0.05, 0.1) is 24.9 Å². The van der Waals surface area contributed by atoms with Crippen LogP contribution < -0.4 is 0 Å². The first kappa shape index (κ1) is 15.4. The quantitative estimate of drug-likeness (QED) is 0.897. The summed E-state index contributed by atoms with van der Waals surface area (Å²) in [7, 11) is 1.52. The number of nitrogens with zero attached hydrogens (tertiary/aromatic N) is 3. The van der Waals surface area contributed by atoms with E-state index in [2.05, 4.69) is 10.2 Å². The Labute approximate surface area is 127 Å². The number of carbonyl (C=O) groups is 1. The van der Waals surface area contributed by atoms with E-state index in [1.54, 1.807) is 16.7 Å². The number of nitrogens with one attached hydrogen (secondary N) is 1. The standard InChI is InChI=1S/C14H20F2N4O2/c1-9-12(4-17-18-9)13(21)19-5-11(6-19)20-8-14(15,16)3-10(20)7-22-2/h4,10-11H,3,5-8H2,1-2H3,(H,17,18)/t10-/m0/s1. The molecule has 0 bridgehead atoms. The van der Waals surface area contributed by atoms with Crippen LogP contribution >= 0.6 is 0 Å². The number of halogens is 2. The van der Waals surface area contributed by atoms with Gasteiger partial charge < -0.3 is 9.64 Å². The second kappa shape index (κ2) is 5.58. The van der Waals surface area contributed by atoms with Crippen LogP contribution in [0.4, 0.5) is 8.78 Å². The third kappa shape index (κ3) is 2.72. The van der Waals surface area contributed by atoms with Crippen molar-refractivity contribution in [2.45, 2.75) is 31.4 Å². The third-order valence-electron chi connectivity index (χ3n) is 4.46. The Balaban J connectivity index is 1.61. The third-order valence-corrected chi connectivity index (χ3v) is 4.46. The van der Waals surface area contributed by atoms with E-state index in [1.807, 2.05) is 0 Å². The zero-order valence-corrected chi connectivity index (χ0v) is 12.7. The lowest BCUT2D eigenvalue weighted by Crippen LogP contribution is -2.62.